The van der Waals surface area contributed by atoms with Crippen LogP contribution >= 0.6 is 0 Å². The number of carbonyl (C=O) groups is 2. The zero-order chi connectivity index (χ0) is 18.6. The number of aryl methyl sites for hydroxylation is 3. The number of nitrogens with two attached hydrogens (primary N) is 1. The standard InChI is InChI=1S/C20H25N3O2/c1-5-23(20(25)17-11-16(21)10-9-13(17)2)12-18(24)22-19-14(3)7-6-8-15(19)4/h6-11H,5,12,21H2,1-4H3,(H,22,24). The highest BCUT2D eigenvalue weighted by atomic mass is 16.2. The summed E-state index contributed by atoms with van der Waals surface area (Å²) in [6.07, 6.45) is 0. The largest absolute Gasteiger partial charge is 0.399 e. The number of rotatable bonds is 5. The Kier molecular flexibility index (Phi) is 5.80. The molecule has 0 bridgehead atoms. The number of likely N-dealkylation sites (N-methyl/N-ethyl adjacent to an activating group) is 1. The molecule has 2 aromatic carbocycles. The molecule has 5 heteroatoms. The van der Waals surface area contributed by atoms with E-state index in [1.807, 2.05) is 52.0 Å². The number of nitrogen functional groups attached to an aromatic ring is 1. The van der Waals surface area contributed by atoms with Crippen molar-refractivity contribution in [2.75, 3.05) is 24.1 Å². The highest BCUT2D eigenvalue weighted by Gasteiger charge is 2.20. The summed E-state index contributed by atoms with van der Waals surface area (Å²) in [7, 11) is 0. The Balaban J connectivity index is 2.14. The van der Waals surface area contributed by atoms with Gasteiger partial charge in [-0.05, 0) is 56.5 Å². The van der Waals surface area contributed by atoms with E-state index in [0.717, 1.165) is 22.4 Å². The molecule has 0 saturated heterocycles. The smallest absolute Gasteiger partial charge is 0.254 e. The maximum atomic E-state index is 12.8. The number of nitrogens with zero attached hydrogens (tertiary/aromatic N) is 1. The average Bonchev–Trinajstić information content (AvgIpc) is 2.57. The molecule has 2 amide bonds. The number of amides is 2. The second-order valence-electron chi connectivity index (χ2n) is 6.21. The number of hydrogen-bond donors (Lipinski definition) is 2. The van der Waals surface area contributed by atoms with Gasteiger partial charge in [-0.15, -0.1) is 0 Å². The topological polar surface area (TPSA) is 75.4 Å². The van der Waals surface area contributed by atoms with Gasteiger partial charge in [-0.3, -0.25) is 9.59 Å². The second kappa shape index (κ2) is 7.83. The van der Waals surface area contributed by atoms with Crippen LogP contribution in [-0.2, 0) is 4.79 Å². The average molecular weight is 339 g/mol. The zero-order valence-electron chi connectivity index (χ0n) is 15.2. The van der Waals surface area contributed by atoms with Crippen molar-refractivity contribution in [3.8, 4) is 0 Å². The fourth-order valence-corrected chi connectivity index (χ4v) is 2.73. The van der Waals surface area contributed by atoms with Crippen LogP contribution in [0.2, 0.25) is 0 Å². The van der Waals surface area contributed by atoms with Gasteiger partial charge in [0, 0.05) is 23.5 Å². The van der Waals surface area contributed by atoms with E-state index in [1.54, 1.807) is 12.1 Å². The van der Waals surface area contributed by atoms with E-state index in [9.17, 15) is 9.59 Å². The van der Waals surface area contributed by atoms with E-state index in [4.69, 9.17) is 5.73 Å². The summed E-state index contributed by atoms with van der Waals surface area (Å²) in [4.78, 5) is 26.7. The lowest BCUT2D eigenvalue weighted by molar-refractivity contribution is -0.116. The summed E-state index contributed by atoms with van der Waals surface area (Å²) < 4.78 is 0. The predicted molar refractivity (Wildman–Crippen MR) is 102 cm³/mol. The summed E-state index contributed by atoms with van der Waals surface area (Å²) in [6, 6.07) is 11.1. The third kappa shape index (κ3) is 4.38. The molecule has 0 aliphatic heterocycles. The Hall–Kier alpha value is -2.82. The van der Waals surface area contributed by atoms with Gasteiger partial charge < -0.3 is 16.0 Å². The monoisotopic (exact) mass is 339 g/mol. The van der Waals surface area contributed by atoms with Crippen molar-refractivity contribution in [2.24, 2.45) is 0 Å². The molecule has 3 N–H and O–H groups in total. The third-order valence-corrected chi connectivity index (χ3v) is 4.24. The molecule has 0 saturated carbocycles. The van der Waals surface area contributed by atoms with E-state index in [1.165, 1.54) is 4.90 Å². The molecule has 0 aliphatic rings. The van der Waals surface area contributed by atoms with Gasteiger partial charge in [0.05, 0.1) is 0 Å². The number of anilines is 2. The van der Waals surface area contributed by atoms with Gasteiger partial charge in [0.2, 0.25) is 5.91 Å². The molecular weight excluding hydrogens is 314 g/mol. The van der Waals surface area contributed by atoms with Gasteiger partial charge in [-0.1, -0.05) is 24.3 Å². The van der Waals surface area contributed by atoms with Crippen molar-refractivity contribution in [1.29, 1.82) is 0 Å². The normalized spacial score (nSPS) is 10.4. The van der Waals surface area contributed by atoms with Crippen LogP contribution in [0.5, 0.6) is 0 Å². The Bertz CT molecular complexity index is 779. The van der Waals surface area contributed by atoms with Crippen LogP contribution in [0, 0.1) is 20.8 Å². The zero-order valence-corrected chi connectivity index (χ0v) is 15.2. The minimum atomic E-state index is -0.214. The summed E-state index contributed by atoms with van der Waals surface area (Å²) in [5.41, 5.74) is 10.5. The second-order valence-corrected chi connectivity index (χ2v) is 6.21. The molecule has 2 rings (SSSR count). The third-order valence-electron chi connectivity index (χ3n) is 4.24. The van der Waals surface area contributed by atoms with Crippen LogP contribution in [0.4, 0.5) is 11.4 Å². The fraction of sp³-hybridized carbons (Fsp3) is 0.300. The maximum absolute atomic E-state index is 12.8. The van der Waals surface area contributed by atoms with Crippen molar-refractivity contribution in [3.05, 3.63) is 58.7 Å². The lowest BCUT2D eigenvalue weighted by Gasteiger charge is -2.22. The van der Waals surface area contributed by atoms with Crippen molar-refractivity contribution in [3.63, 3.8) is 0 Å². The lowest BCUT2D eigenvalue weighted by Crippen LogP contribution is -2.38. The molecule has 0 spiro atoms. The van der Waals surface area contributed by atoms with Crippen LogP contribution in [0.15, 0.2) is 36.4 Å². The molecule has 5 nitrogen and oxygen atoms in total. The number of para-hydroxylation sites is 1. The summed E-state index contributed by atoms with van der Waals surface area (Å²) in [5, 5.41) is 2.92. The first kappa shape index (κ1) is 18.5. The molecule has 0 unspecified atom stereocenters. The van der Waals surface area contributed by atoms with Crippen LogP contribution in [0.3, 0.4) is 0 Å². The Labute approximate surface area is 148 Å². The molecule has 132 valence electrons. The molecule has 0 heterocycles. The van der Waals surface area contributed by atoms with E-state index < -0.39 is 0 Å². The van der Waals surface area contributed by atoms with Crippen LogP contribution in [-0.4, -0.2) is 29.8 Å². The molecule has 25 heavy (non-hydrogen) atoms. The van der Waals surface area contributed by atoms with E-state index >= 15 is 0 Å². The van der Waals surface area contributed by atoms with Crippen molar-refractivity contribution in [1.82, 2.24) is 4.90 Å². The highest BCUT2D eigenvalue weighted by molar-refractivity contribution is 6.01. The van der Waals surface area contributed by atoms with Crippen LogP contribution in [0.1, 0.15) is 34.0 Å². The Morgan fingerprint density at radius 2 is 1.68 bits per heavy atom. The summed E-state index contributed by atoms with van der Waals surface area (Å²) in [6.45, 7) is 8.04. The maximum Gasteiger partial charge on any atom is 0.254 e. The summed E-state index contributed by atoms with van der Waals surface area (Å²) >= 11 is 0. The first-order valence-electron chi connectivity index (χ1n) is 8.35. The number of nitrogens with one attached hydrogen (secondary N) is 1. The molecule has 2 aromatic rings. The SMILES string of the molecule is CCN(CC(=O)Nc1c(C)cccc1C)C(=O)c1cc(N)ccc1C. The van der Waals surface area contributed by atoms with Gasteiger partial charge >= 0.3 is 0 Å². The molecular formula is C20H25N3O2. The van der Waals surface area contributed by atoms with Crippen molar-refractivity contribution in [2.45, 2.75) is 27.7 Å². The van der Waals surface area contributed by atoms with Gasteiger partial charge in [0.25, 0.3) is 5.91 Å². The van der Waals surface area contributed by atoms with Crippen LogP contribution < -0.4 is 11.1 Å². The van der Waals surface area contributed by atoms with E-state index in [2.05, 4.69) is 5.32 Å². The first-order valence-corrected chi connectivity index (χ1v) is 8.35. The van der Waals surface area contributed by atoms with Gasteiger partial charge in [-0.2, -0.15) is 0 Å². The fourth-order valence-electron chi connectivity index (χ4n) is 2.73. The molecule has 0 fully saturated rings. The predicted octanol–water partition coefficient (Wildman–Crippen LogP) is 3.29. The minimum absolute atomic E-state index is 0.00263. The highest BCUT2D eigenvalue weighted by Crippen LogP contribution is 2.20. The van der Waals surface area contributed by atoms with Crippen LogP contribution in [0.25, 0.3) is 0 Å². The minimum Gasteiger partial charge on any atom is -0.399 e. The van der Waals surface area contributed by atoms with Crippen molar-refractivity contribution < 1.29 is 9.59 Å². The molecule has 0 aromatic heterocycles. The van der Waals surface area contributed by atoms with Gasteiger partial charge in [0.1, 0.15) is 6.54 Å². The number of hydrogen-bond acceptors (Lipinski definition) is 3. The molecule has 0 radical (unpaired) electrons. The first-order chi connectivity index (χ1) is 11.8. The van der Waals surface area contributed by atoms with Gasteiger partial charge in [-0.25, -0.2) is 0 Å². The molecule has 0 atom stereocenters. The van der Waals surface area contributed by atoms with E-state index in [-0.39, 0.29) is 18.4 Å². The lowest BCUT2D eigenvalue weighted by atomic mass is 10.1. The Morgan fingerprint density at radius 1 is 1.04 bits per heavy atom. The van der Waals surface area contributed by atoms with Gasteiger partial charge in [0.15, 0.2) is 0 Å². The van der Waals surface area contributed by atoms with E-state index in [0.29, 0.717) is 17.8 Å². The summed E-state index contributed by atoms with van der Waals surface area (Å²) in [5.74, 6) is -0.405. The molecule has 0 aliphatic carbocycles. The van der Waals surface area contributed by atoms with Crippen molar-refractivity contribution >= 4 is 23.2 Å². The quantitative estimate of drug-likeness (QED) is 0.821. The number of benzene rings is 2. The Morgan fingerprint density at radius 3 is 2.28 bits per heavy atom. The number of carbonyl (C=O) groups excluding carboxylic acids is 2.